The monoisotopic (exact) mass is 457 g/mol. The zero-order chi connectivity index (χ0) is 24.3. The normalized spacial score (nSPS) is 17.6. The summed E-state index contributed by atoms with van der Waals surface area (Å²) in [4.78, 5) is 27.6. The van der Waals surface area contributed by atoms with Crippen molar-refractivity contribution in [2.45, 2.75) is 33.7 Å². The third-order valence-corrected chi connectivity index (χ3v) is 5.71. The largest absolute Gasteiger partial charge is 0.507 e. The molecule has 2 heterocycles. The summed E-state index contributed by atoms with van der Waals surface area (Å²) in [5.41, 5.74) is 2.34. The Hall–Kier alpha value is -3.33. The van der Waals surface area contributed by atoms with Crippen LogP contribution >= 0.6 is 0 Å². The van der Waals surface area contributed by atoms with Gasteiger partial charge >= 0.3 is 0 Å². The number of carbonyl (C=O) groups is 2. The molecule has 33 heavy (non-hydrogen) atoms. The van der Waals surface area contributed by atoms with Crippen LogP contribution < -0.4 is 9.47 Å². The lowest BCUT2D eigenvalue weighted by Gasteiger charge is -2.26. The molecule has 1 fully saturated rings. The summed E-state index contributed by atoms with van der Waals surface area (Å²) in [5, 5.41) is 15.6. The van der Waals surface area contributed by atoms with Crippen molar-refractivity contribution in [3.8, 4) is 11.5 Å². The van der Waals surface area contributed by atoms with Crippen molar-refractivity contribution in [3.63, 3.8) is 0 Å². The first-order chi connectivity index (χ1) is 15.8. The lowest BCUT2D eigenvalue weighted by atomic mass is 9.94. The maximum Gasteiger partial charge on any atom is 0.295 e. The molecule has 1 N–H and O–H groups in total. The summed E-state index contributed by atoms with van der Waals surface area (Å²) in [6, 6.07) is 4.47. The van der Waals surface area contributed by atoms with Crippen molar-refractivity contribution in [1.29, 1.82) is 0 Å². The minimum absolute atomic E-state index is 0.0157. The number of hydrogen-bond acceptors (Lipinski definition) is 7. The molecule has 0 spiro atoms. The minimum atomic E-state index is -0.811. The number of aromatic nitrogens is 2. The number of aliphatic hydroxyl groups is 1. The first-order valence-electron chi connectivity index (χ1n) is 10.9. The summed E-state index contributed by atoms with van der Waals surface area (Å²) >= 11 is 0. The molecule has 9 heteroatoms. The van der Waals surface area contributed by atoms with Crippen LogP contribution in [-0.2, 0) is 21.4 Å². The number of benzene rings is 1. The highest BCUT2D eigenvalue weighted by Crippen LogP contribution is 2.42. The minimum Gasteiger partial charge on any atom is -0.507 e. The average molecular weight is 458 g/mol. The molecular weight excluding hydrogens is 426 g/mol. The molecule has 178 valence electrons. The molecule has 1 saturated heterocycles. The summed E-state index contributed by atoms with van der Waals surface area (Å²) in [7, 11) is 3.28. The standard InChI is InChI=1S/C24H31N3O6/c1-7-32-17-10-9-16(13-18(17)33-8-2)21-20(23(29)24(30)27(21)11-12-31-6)22(28)19-14(3)25-26(5)15(19)4/h9-10,13,21,28H,7-8,11-12H2,1-6H3/b22-20+. The second-order valence-corrected chi connectivity index (χ2v) is 7.73. The predicted molar refractivity (Wildman–Crippen MR) is 122 cm³/mol. The number of carbonyl (C=O) groups excluding carboxylic acids is 2. The van der Waals surface area contributed by atoms with Crippen molar-refractivity contribution in [1.82, 2.24) is 14.7 Å². The molecule has 1 unspecified atom stereocenters. The first kappa shape index (κ1) is 24.3. The van der Waals surface area contributed by atoms with E-state index in [2.05, 4.69) is 5.10 Å². The molecule has 1 aromatic heterocycles. The van der Waals surface area contributed by atoms with E-state index in [1.165, 1.54) is 12.0 Å². The van der Waals surface area contributed by atoms with Crippen molar-refractivity contribution in [3.05, 3.63) is 46.3 Å². The highest BCUT2D eigenvalue weighted by atomic mass is 16.5. The Kier molecular flexibility index (Phi) is 7.43. The second kappa shape index (κ2) is 10.1. The molecule has 0 saturated carbocycles. The van der Waals surface area contributed by atoms with Crippen molar-refractivity contribution >= 4 is 17.4 Å². The topological polar surface area (TPSA) is 103 Å². The van der Waals surface area contributed by atoms with Gasteiger partial charge in [0.05, 0.1) is 42.7 Å². The van der Waals surface area contributed by atoms with E-state index >= 15 is 0 Å². The number of likely N-dealkylation sites (tertiary alicyclic amines) is 1. The molecule has 1 aliphatic heterocycles. The molecule has 0 bridgehead atoms. The number of aliphatic hydroxyl groups excluding tert-OH is 1. The Balaban J connectivity index is 2.23. The maximum atomic E-state index is 13.2. The molecule has 1 amide bonds. The Morgan fingerprint density at radius 2 is 1.79 bits per heavy atom. The van der Waals surface area contributed by atoms with Crippen LogP contribution in [0.5, 0.6) is 11.5 Å². The van der Waals surface area contributed by atoms with E-state index < -0.39 is 17.7 Å². The number of nitrogens with zero attached hydrogens (tertiary/aromatic N) is 3. The molecule has 1 aliphatic rings. The zero-order valence-corrected chi connectivity index (χ0v) is 20.0. The summed E-state index contributed by atoms with van der Waals surface area (Å²) < 4.78 is 18.2. The van der Waals surface area contributed by atoms with Crippen LogP contribution in [0.15, 0.2) is 23.8 Å². The van der Waals surface area contributed by atoms with Gasteiger partial charge in [0, 0.05) is 26.4 Å². The van der Waals surface area contributed by atoms with E-state index in [1.54, 1.807) is 43.8 Å². The summed E-state index contributed by atoms with van der Waals surface area (Å²) in [5.74, 6) is -0.611. The van der Waals surface area contributed by atoms with Gasteiger partial charge in [0.15, 0.2) is 11.5 Å². The Morgan fingerprint density at radius 3 is 2.36 bits per heavy atom. The maximum absolute atomic E-state index is 13.2. The van der Waals surface area contributed by atoms with Gasteiger partial charge in [0.1, 0.15) is 5.76 Å². The predicted octanol–water partition coefficient (Wildman–Crippen LogP) is 2.90. The lowest BCUT2D eigenvalue weighted by Crippen LogP contribution is -2.32. The Bertz CT molecular complexity index is 1090. The van der Waals surface area contributed by atoms with Gasteiger partial charge in [-0.05, 0) is 45.4 Å². The average Bonchev–Trinajstić information content (AvgIpc) is 3.19. The lowest BCUT2D eigenvalue weighted by molar-refractivity contribution is -0.140. The molecule has 0 aliphatic carbocycles. The second-order valence-electron chi connectivity index (χ2n) is 7.73. The van der Waals surface area contributed by atoms with Gasteiger partial charge in [0.2, 0.25) is 0 Å². The first-order valence-corrected chi connectivity index (χ1v) is 10.9. The SMILES string of the molecule is CCOc1ccc(C2/C(=C(\O)c3c(C)nn(C)c3C)C(=O)C(=O)N2CCOC)cc1OCC. The zero-order valence-electron chi connectivity index (χ0n) is 20.0. The molecule has 1 aromatic carbocycles. The van der Waals surface area contributed by atoms with Crippen molar-refractivity contribution in [2.24, 2.45) is 7.05 Å². The van der Waals surface area contributed by atoms with E-state index in [0.717, 1.165) is 0 Å². The highest BCUT2D eigenvalue weighted by molar-refractivity contribution is 6.46. The number of methoxy groups -OCH3 is 1. The fraction of sp³-hybridized carbons (Fsp3) is 0.458. The quantitative estimate of drug-likeness (QED) is 0.351. The van der Waals surface area contributed by atoms with Crippen LogP contribution in [0.25, 0.3) is 5.76 Å². The highest BCUT2D eigenvalue weighted by Gasteiger charge is 2.46. The number of ether oxygens (including phenoxy) is 3. The van der Waals surface area contributed by atoms with E-state index in [1.807, 2.05) is 13.8 Å². The van der Waals surface area contributed by atoms with Gasteiger partial charge in [-0.15, -0.1) is 0 Å². The van der Waals surface area contributed by atoms with Gasteiger partial charge in [-0.3, -0.25) is 14.3 Å². The third kappa shape index (κ3) is 4.45. The van der Waals surface area contributed by atoms with E-state index in [4.69, 9.17) is 14.2 Å². The van der Waals surface area contributed by atoms with Gasteiger partial charge < -0.3 is 24.2 Å². The summed E-state index contributed by atoms with van der Waals surface area (Å²) in [6.45, 7) is 8.60. The molecule has 0 radical (unpaired) electrons. The number of hydrogen-bond donors (Lipinski definition) is 1. The van der Waals surface area contributed by atoms with Gasteiger partial charge in [0.25, 0.3) is 11.7 Å². The van der Waals surface area contributed by atoms with Crippen LogP contribution in [0.3, 0.4) is 0 Å². The van der Waals surface area contributed by atoms with Crippen LogP contribution in [0.1, 0.15) is 42.4 Å². The fourth-order valence-electron chi connectivity index (χ4n) is 4.14. The number of rotatable bonds is 9. The van der Waals surface area contributed by atoms with Gasteiger partial charge in [-0.2, -0.15) is 5.10 Å². The Morgan fingerprint density at radius 1 is 1.12 bits per heavy atom. The molecule has 1 atom stereocenters. The van der Waals surface area contributed by atoms with E-state index in [9.17, 15) is 14.7 Å². The molecule has 9 nitrogen and oxygen atoms in total. The van der Waals surface area contributed by atoms with Crippen LogP contribution in [0.2, 0.25) is 0 Å². The van der Waals surface area contributed by atoms with E-state index in [0.29, 0.717) is 47.2 Å². The number of ketones is 1. The van der Waals surface area contributed by atoms with Crippen molar-refractivity contribution < 1.29 is 28.9 Å². The summed E-state index contributed by atoms with van der Waals surface area (Å²) in [6.07, 6.45) is 0. The number of aryl methyl sites for hydroxylation is 2. The Labute approximate surface area is 193 Å². The van der Waals surface area contributed by atoms with Crippen LogP contribution in [-0.4, -0.2) is 65.0 Å². The number of Topliss-reactive ketones (excluding diaryl/α,β-unsaturated/α-hetero) is 1. The van der Waals surface area contributed by atoms with Crippen LogP contribution in [0.4, 0.5) is 0 Å². The molecular formula is C24H31N3O6. The van der Waals surface area contributed by atoms with Gasteiger partial charge in [-0.25, -0.2) is 0 Å². The van der Waals surface area contributed by atoms with E-state index in [-0.39, 0.29) is 24.5 Å². The fourth-order valence-corrected chi connectivity index (χ4v) is 4.14. The molecule has 2 aromatic rings. The molecule has 3 rings (SSSR count). The smallest absolute Gasteiger partial charge is 0.295 e. The van der Waals surface area contributed by atoms with Crippen molar-refractivity contribution in [2.75, 3.05) is 33.5 Å². The third-order valence-electron chi connectivity index (χ3n) is 5.71. The van der Waals surface area contributed by atoms with Gasteiger partial charge in [-0.1, -0.05) is 6.07 Å². The number of amides is 1. The van der Waals surface area contributed by atoms with Crippen LogP contribution in [0, 0.1) is 13.8 Å².